The minimum atomic E-state index is -4.69. The smallest absolute Gasteiger partial charge is 0.507 e. The summed E-state index contributed by atoms with van der Waals surface area (Å²) >= 11 is 0. The largest absolute Gasteiger partial charge is 0.528 e. The van der Waals surface area contributed by atoms with Gasteiger partial charge in [0, 0.05) is 11.5 Å². The van der Waals surface area contributed by atoms with Crippen molar-refractivity contribution in [1.29, 1.82) is 0 Å². The van der Waals surface area contributed by atoms with Crippen molar-refractivity contribution in [3.8, 4) is 17.2 Å². The maximum absolute atomic E-state index is 14.1. The molecule has 0 bridgehead atoms. The number of aromatic hydroxyl groups is 1. The lowest BCUT2D eigenvalue weighted by atomic mass is 9.73. The number of esters is 1. The van der Waals surface area contributed by atoms with Crippen LogP contribution in [0.4, 0.5) is 0 Å². The maximum atomic E-state index is 14.1. The fraction of sp³-hybridized carbons (Fsp3) is 0.500. The minimum absolute atomic E-state index is 0.0693. The fourth-order valence-corrected chi connectivity index (χ4v) is 7.34. The predicted octanol–water partition coefficient (Wildman–Crippen LogP) is 8.95. The molecule has 0 aromatic heterocycles. The molecule has 0 amide bonds. The van der Waals surface area contributed by atoms with E-state index in [1.54, 1.807) is 36.4 Å². The third-order valence-corrected chi connectivity index (χ3v) is 9.47. The van der Waals surface area contributed by atoms with Gasteiger partial charge in [0.05, 0.1) is 0 Å². The zero-order valence-electron chi connectivity index (χ0n) is 25.1. The number of phenolic OH excluding ortho intramolecular Hbond substituents is 1. The van der Waals surface area contributed by atoms with Gasteiger partial charge in [-0.3, -0.25) is 9.42 Å². The van der Waals surface area contributed by atoms with Crippen molar-refractivity contribution in [2.45, 2.75) is 103 Å². The summed E-state index contributed by atoms with van der Waals surface area (Å²) in [4.78, 5) is 24.8. The molecule has 7 nitrogen and oxygen atoms in total. The van der Waals surface area contributed by atoms with E-state index >= 15 is 0 Å². The molecule has 8 heteroatoms. The van der Waals surface area contributed by atoms with Gasteiger partial charge in [0.25, 0.3) is 0 Å². The minimum Gasteiger partial charge on any atom is -0.507 e. The molecule has 2 aromatic carbocycles. The van der Waals surface area contributed by atoms with Crippen molar-refractivity contribution in [2.75, 3.05) is 0 Å². The highest BCUT2D eigenvalue weighted by Crippen LogP contribution is 2.52. The number of rotatable bonds is 12. The summed E-state index contributed by atoms with van der Waals surface area (Å²) in [5, 5.41) is 11.4. The van der Waals surface area contributed by atoms with Gasteiger partial charge < -0.3 is 14.4 Å². The van der Waals surface area contributed by atoms with Gasteiger partial charge in [-0.1, -0.05) is 68.2 Å². The average Bonchev–Trinajstić information content (AvgIpc) is 2.93. The number of aryl methyl sites for hydroxylation is 1. The monoisotopic (exact) mass is 596 g/mol. The Bertz CT molecular complexity index is 1330. The second-order valence-electron chi connectivity index (χ2n) is 11.9. The Kier molecular flexibility index (Phi) is 10.7. The molecule has 2 aromatic rings. The molecule has 2 aliphatic rings. The van der Waals surface area contributed by atoms with E-state index in [1.165, 1.54) is 5.57 Å². The summed E-state index contributed by atoms with van der Waals surface area (Å²) in [7, 11) is -4.69. The zero-order chi connectivity index (χ0) is 30.3. The van der Waals surface area contributed by atoms with Crippen LogP contribution in [0.1, 0.15) is 102 Å². The van der Waals surface area contributed by atoms with Gasteiger partial charge in [-0.25, -0.2) is 9.36 Å². The quantitative estimate of drug-likeness (QED) is 0.0829. The summed E-state index contributed by atoms with van der Waals surface area (Å²) in [6.07, 6.45) is 10.3. The number of unbranched alkanes of at least 4 members (excludes halogenated alkanes) is 2. The van der Waals surface area contributed by atoms with Crippen LogP contribution in [0.3, 0.4) is 0 Å². The van der Waals surface area contributed by atoms with Gasteiger partial charge in [0.15, 0.2) is 5.60 Å². The van der Waals surface area contributed by atoms with E-state index in [2.05, 4.69) is 26.5 Å². The number of hydrogen-bond acceptors (Lipinski definition) is 6. The number of hydrogen-bond donors (Lipinski definition) is 2. The number of carbonyl (C=O) groups is 1. The lowest BCUT2D eigenvalue weighted by molar-refractivity contribution is -0.157. The normalized spacial score (nSPS) is 21.6. The van der Waals surface area contributed by atoms with Crippen LogP contribution in [0.25, 0.3) is 0 Å². The third kappa shape index (κ3) is 7.94. The Morgan fingerprint density at radius 2 is 1.83 bits per heavy atom. The number of phosphoric acid groups is 1. The van der Waals surface area contributed by atoms with E-state index in [0.29, 0.717) is 18.4 Å². The SMILES string of the molecule is C=C(C)[C@@H]1CCC(C)=C[C@H]1c1c(O)cc(CCCCC)cc1OC(=O)C1(OP(=O)(O)Oc2ccccc2)CCCCC1. The van der Waals surface area contributed by atoms with Crippen LogP contribution in [0.2, 0.25) is 0 Å². The van der Waals surface area contributed by atoms with Crippen molar-refractivity contribution < 1.29 is 33.1 Å². The molecule has 2 N–H and O–H groups in total. The van der Waals surface area contributed by atoms with Crippen LogP contribution in [-0.2, 0) is 20.3 Å². The van der Waals surface area contributed by atoms with Crippen molar-refractivity contribution in [2.24, 2.45) is 5.92 Å². The predicted molar refractivity (Wildman–Crippen MR) is 165 cm³/mol. The van der Waals surface area contributed by atoms with Gasteiger partial charge in [0.2, 0.25) is 0 Å². The number of phenols is 1. The second-order valence-corrected chi connectivity index (χ2v) is 13.2. The van der Waals surface area contributed by atoms with Gasteiger partial charge in [0.1, 0.15) is 17.2 Å². The molecule has 42 heavy (non-hydrogen) atoms. The zero-order valence-corrected chi connectivity index (χ0v) is 26.0. The standard InChI is InChI=1S/C34H45O7P/c1-5-6-9-14-26-22-30(35)32(29-21-25(4)17-18-28(29)24(2)3)31(23-26)39-33(36)34(19-12-8-13-20-34)41-42(37,38)40-27-15-10-7-11-16-27/h7,10-11,15-16,21-23,28-29,35H,2,5-6,8-9,12-14,17-20H2,1,3-4H3,(H,37,38)/t28-,29+/m0/s1. The van der Waals surface area contributed by atoms with E-state index in [4.69, 9.17) is 13.8 Å². The fourth-order valence-electron chi connectivity index (χ4n) is 6.22. The Morgan fingerprint density at radius 1 is 1.12 bits per heavy atom. The molecule has 3 atom stereocenters. The first kappa shape index (κ1) is 32.1. The summed E-state index contributed by atoms with van der Waals surface area (Å²) in [5.74, 6) is -0.396. The highest BCUT2D eigenvalue weighted by molar-refractivity contribution is 7.47. The highest BCUT2D eigenvalue weighted by Gasteiger charge is 2.49. The van der Waals surface area contributed by atoms with Crippen molar-refractivity contribution in [1.82, 2.24) is 0 Å². The van der Waals surface area contributed by atoms with Crippen LogP contribution in [0.5, 0.6) is 17.2 Å². The Labute approximate surface area is 250 Å². The molecule has 1 unspecified atom stereocenters. The molecule has 228 valence electrons. The topological polar surface area (TPSA) is 102 Å². The molecule has 0 radical (unpaired) electrons. The van der Waals surface area contributed by atoms with Gasteiger partial charge >= 0.3 is 13.8 Å². The van der Waals surface area contributed by atoms with E-state index in [9.17, 15) is 19.4 Å². The summed E-state index contributed by atoms with van der Waals surface area (Å²) in [6, 6.07) is 11.8. The third-order valence-electron chi connectivity index (χ3n) is 8.45. The molecule has 0 heterocycles. The van der Waals surface area contributed by atoms with Crippen LogP contribution in [-0.4, -0.2) is 21.6 Å². The molecule has 4 rings (SSSR count). The molecular formula is C34H45O7P. The molecule has 0 aliphatic heterocycles. The van der Waals surface area contributed by atoms with Gasteiger partial charge in [-0.2, -0.15) is 0 Å². The Hall–Kier alpha value is -2.86. The number of phosphoric ester groups is 1. The first-order valence-corrected chi connectivity index (χ1v) is 16.7. The first-order chi connectivity index (χ1) is 20.0. The molecule has 1 saturated carbocycles. The molecule has 2 aliphatic carbocycles. The molecule has 0 saturated heterocycles. The summed E-state index contributed by atoms with van der Waals surface area (Å²) in [5.41, 5.74) is 1.95. The Balaban J connectivity index is 1.71. The Morgan fingerprint density at radius 3 is 2.50 bits per heavy atom. The van der Waals surface area contributed by atoms with Crippen LogP contribution in [0.15, 0.2) is 66.3 Å². The van der Waals surface area contributed by atoms with Crippen molar-refractivity contribution in [3.05, 3.63) is 77.4 Å². The van der Waals surface area contributed by atoms with Crippen LogP contribution < -0.4 is 9.26 Å². The number of benzene rings is 2. The maximum Gasteiger partial charge on any atom is 0.528 e. The van der Waals surface area contributed by atoms with Gasteiger partial charge in [-0.05, 0) is 101 Å². The highest BCUT2D eigenvalue weighted by atomic mass is 31.2. The number of carbonyl (C=O) groups excluding carboxylic acids is 1. The molecular weight excluding hydrogens is 551 g/mol. The first-order valence-electron chi connectivity index (χ1n) is 15.2. The number of para-hydroxylation sites is 1. The lowest BCUT2D eigenvalue weighted by Gasteiger charge is -2.36. The van der Waals surface area contributed by atoms with Crippen LogP contribution >= 0.6 is 7.82 Å². The summed E-state index contributed by atoms with van der Waals surface area (Å²) in [6.45, 7) is 10.4. The van der Waals surface area contributed by atoms with Crippen molar-refractivity contribution >= 4 is 13.8 Å². The van der Waals surface area contributed by atoms with E-state index in [1.807, 2.05) is 13.0 Å². The summed E-state index contributed by atoms with van der Waals surface area (Å²) < 4.78 is 30.4. The van der Waals surface area contributed by atoms with Crippen molar-refractivity contribution in [3.63, 3.8) is 0 Å². The van der Waals surface area contributed by atoms with E-state index in [0.717, 1.165) is 56.1 Å². The number of allylic oxidation sites excluding steroid dienone is 3. The van der Waals surface area contributed by atoms with Gasteiger partial charge in [-0.15, -0.1) is 0 Å². The average molecular weight is 597 g/mol. The second kappa shape index (κ2) is 14.1. The number of ether oxygens (including phenoxy) is 1. The molecule has 0 spiro atoms. The molecule has 1 fully saturated rings. The van der Waals surface area contributed by atoms with E-state index in [-0.39, 0.29) is 41.9 Å². The van der Waals surface area contributed by atoms with Crippen LogP contribution in [0, 0.1) is 5.92 Å². The van der Waals surface area contributed by atoms with E-state index < -0.39 is 19.4 Å². The lowest BCUT2D eigenvalue weighted by Crippen LogP contribution is -2.45.